The maximum absolute atomic E-state index is 12.7. The van der Waals surface area contributed by atoms with Gasteiger partial charge in [0.1, 0.15) is 11.6 Å². The molecule has 1 aliphatic rings. The Labute approximate surface area is 138 Å². The van der Waals surface area contributed by atoms with Crippen molar-refractivity contribution in [3.8, 4) is 5.75 Å². The minimum absolute atomic E-state index is 0.0559. The fourth-order valence-corrected chi connectivity index (χ4v) is 2.79. The molecule has 0 radical (unpaired) electrons. The highest BCUT2D eigenvalue weighted by Gasteiger charge is 2.25. The quantitative estimate of drug-likeness (QED) is 0.840. The van der Waals surface area contributed by atoms with Crippen molar-refractivity contribution in [2.75, 3.05) is 43.9 Å². The summed E-state index contributed by atoms with van der Waals surface area (Å²) in [5.41, 5.74) is 6.60. The second-order valence-corrected chi connectivity index (χ2v) is 5.47. The number of methoxy groups -OCH3 is 1. The van der Waals surface area contributed by atoms with Crippen LogP contribution >= 0.6 is 0 Å². The first-order chi connectivity index (χ1) is 11.6. The molecular weight excluding hydrogens is 310 g/mol. The number of nitrogen functional groups attached to an aromatic ring is 1. The lowest BCUT2D eigenvalue weighted by molar-refractivity contribution is 0.0743. The molecule has 24 heavy (non-hydrogen) atoms. The lowest BCUT2D eigenvalue weighted by atomic mass is 10.1. The van der Waals surface area contributed by atoms with Crippen molar-refractivity contribution in [2.45, 2.75) is 0 Å². The fraction of sp³-hybridized carbons (Fsp3) is 0.312. The molecule has 0 spiro atoms. The number of hydrogen-bond acceptors (Lipinski definition) is 6. The van der Waals surface area contributed by atoms with Crippen LogP contribution in [0.2, 0.25) is 0 Å². The van der Waals surface area contributed by atoms with E-state index in [4.69, 9.17) is 10.5 Å². The Morgan fingerprint density at radius 2 is 1.96 bits per heavy atom. The predicted molar refractivity (Wildman–Crippen MR) is 90.4 cm³/mol. The first-order valence-corrected chi connectivity index (χ1v) is 7.62. The number of carbonyl (C=O) groups excluding carboxylic acids is 1. The number of aromatic nitrogens is 2. The van der Waals surface area contributed by atoms with Gasteiger partial charge in [-0.05, 0) is 12.1 Å². The van der Waals surface area contributed by atoms with Gasteiger partial charge in [0.25, 0.3) is 5.91 Å². The summed E-state index contributed by atoms with van der Waals surface area (Å²) >= 11 is 0. The molecule has 2 heterocycles. The highest BCUT2D eigenvalue weighted by Crippen LogP contribution is 2.23. The van der Waals surface area contributed by atoms with Crippen molar-refractivity contribution in [2.24, 2.45) is 0 Å². The summed E-state index contributed by atoms with van der Waals surface area (Å²) in [4.78, 5) is 33.8. The minimum atomic E-state index is -0.471. The molecule has 3 N–H and O–H groups in total. The van der Waals surface area contributed by atoms with E-state index in [0.717, 1.165) is 0 Å². The Balaban J connectivity index is 1.70. The lowest BCUT2D eigenvalue weighted by Crippen LogP contribution is -2.49. The number of piperazine rings is 1. The van der Waals surface area contributed by atoms with Crippen molar-refractivity contribution < 1.29 is 9.53 Å². The second-order valence-electron chi connectivity index (χ2n) is 5.47. The Morgan fingerprint density at radius 1 is 1.25 bits per heavy atom. The summed E-state index contributed by atoms with van der Waals surface area (Å²) in [5.74, 6) is 0.804. The number of nitrogens with one attached hydrogen (secondary N) is 1. The molecule has 126 valence electrons. The fourth-order valence-electron chi connectivity index (χ4n) is 2.79. The van der Waals surface area contributed by atoms with Crippen LogP contribution in [0.5, 0.6) is 5.75 Å². The number of ether oxygens (including phenoxy) is 1. The normalized spacial score (nSPS) is 14.5. The van der Waals surface area contributed by atoms with Crippen LogP contribution < -0.4 is 21.1 Å². The number of para-hydroxylation sites is 1. The molecule has 1 aliphatic heterocycles. The molecule has 0 bridgehead atoms. The van der Waals surface area contributed by atoms with Crippen LogP contribution in [-0.2, 0) is 0 Å². The summed E-state index contributed by atoms with van der Waals surface area (Å²) in [5, 5.41) is 0. The molecule has 0 atom stereocenters. The number of anilines is 2. The number of benzene rings is 1. The average molecular weight is 329 g/mol. The smallest absolute Gasteiger partial charge is 0.346 e. The topological polar surface area (TPSA) is 105 Å². The number of rotatable bonds is 3. The molecule has 2 aromatic rings. The summed E-state index contributed by atoms with van der Waals surface area (Å²) < 4.78 is 5.26. The molecule has 1 amide bonds. The molecule has 1 fully saturated rings. The first kappa shape index (κ1) is 15.9. The van der Waals surface area contributed by atoms with E-state index in [9.17, 15) is 9.59 Å². The summed E-state index contributed by atoms with van der Waals surface area (Å²) in [6, 6.07) is 7.19. The van der Waals surface area contributed by atoms with E-state index in [0.29, 0.717) is 49.0 Å². The second kappa shape index (κ2) is 6.61. The van der Waals surface area contributed by atoms with Gasteiger partial charge in [0.15, 0.2) is 0 Å². The number of aromatic amines is 1. The van der Waals surface area contributed by atoms with Crippen molar-refractivity contribution >= 4 is 17.4 Å². The molecule has 0 unspecified atom stereocenters. The molecule has 1 aromatic heterocycles. The van der Waals surface area contributed by atoms with Crippen molar-refractivity contribution in [3.05, 3.63) is 46.5 Å². The molecule has 8 nitrogen and oxygen atoms in total. The van der Waals surface area contributed by atoms with Gasteiger partial charge in [-0.3, -0.25) is 9.78 Å². The lowest BCUT2D eigenvalue weighted by Gasteiger charge is -2.36. The first-order valence-electron chi connectivity index (χ1n) is 7.62. The van der Waals surface area contributed by atoms with Gasteiger partial charge in [0.05, 0.1) is 24.6 Å². The van der Waals surface area contributed by atoms with Gasteiger partial charge in [-0.1, -0.05) is 12.1 Å². The van der Waals surface area contributed by atoms with E-state index in [1.807, 2.05) is 17.0 Å². The predicted octanol–water partition coefficient (Wildman–Crippen LogP) is 0.323. The van der Waals surface area contributed by atoms with Gasteiger partial charge < -0.3 is 20.3 Å². The van der Waals surface area contributed by atoms with Crippen LogP contribution in [-0.4, -0.2) is 54.1 Å². The zero-order valence-electron chi connectivity index (χ0n) is 13.4. The molecule has 3 rings (SSSR count). The monoisotopic (exact) mass is 329 g/mol. The molecule has 8 heteroatoms. The van der Waals surface area contributed by atoms with Crippen LogP contribution in [0.25, 0.3) is 0 Å². The van der Waals surface area contributed by atoms with Crippen molar-refractivity contribution in [1.29, 1.82) is 0 Å². The maximum Gasteiger partial charge on any atom is 0.346 e. The van der Waals surface area contributed by atoms with Crippen LogP contribution in [0, 0.1) is 0 Å². The Morgan fingerprint density at radius 3 is 2.62 bits per heavy atom. The van der Waals surface area contributed by atoms with E-state index in [1.165, 1.54) is 6.20 Å². The van der Waals surface area contributed by atoms with Crippen LogP contribution in [0.3, 0.4) is 0 Å². The standard InChI is InChI=1S/C16H19N5O3/c1-24-13-5-3-2-4-11(13)15(22)21-8-6-20(7-9-21)12-10-18-16(23)19-14(12)17/h2-5,10H,6-9H2,1H3,(H3,17,18,19,23). The zero-order chi connectivity index (χ0) is 17.1. The minimum Gasteiger partial charge on any atom is -0.496 e. The summed E-state index contributed by atoms with van der Waals surface area (Å²) in [6.07, 6.45) is 1.46. The third-order valence-electron chi connectivity index (χ3n) is 4.07. The van der Waals surface area contributed by atoms with Gasteiger partial charge in [-0.15, -0.1) is 0 Å². The van der Waals surface area contributed by atoms with E-state index >= 15 is 0 Å². The third-order valence-corrected chi connectivity index (χ3v) is 4.07. The number of H-pyrrole nitrogens is 1. The highest BCUT2D eigenvalue weighted by molar-refractivity contribution is 5.97. The van der Waals surface area contributed by atoms with Crippen molar-refractivity contribution in [1.82, 2.24) is 14.9 Å². The highest BCUT2D eigenvalue weighted by atomic mass is 16.5. The van der Waals surface area contributed by atoms with Crippen LogP contribution in [0.15, 0.2) is 35.3 Å². The summed E-state index contributed by atoms with van der Waals surface area (Å²) in [6.45, 7) is 2.32. The maximum atomic E-state index is 12.7. The Hall–Kier alpha value is -3.03. The molecule has 0 aliphatic carbocycles. The number of carbonyl (C=O) groups is 1. The van der Waals surface area contributed by atoms with Gasteiger partial charge in [0, 0.05) is 26.2 Å². The van der Waals surface area contributed by atoms with Gasteiger partial charge in [0.2, 0.25) is 0 Å². The van der Waals surface area contributed by atoms with Crippen LogP contribution in [0.1, 0.15) is 10.4 Å². The largest absolute Gasteiger partial charge is 0.496 e. The summed E-state index contributed by atoms with van der Waals surface area (Å²) in [7, 11) is 1.55. The van der Waals surface area contributed by atoms with Crippen LogP contribution in [0.4, 0.5) is 11.5 Å². The van der Waals surface area contributed by atoms with E-state index in [-0.39, 0.29) is 5.91 Å². The van der Waals surface area contributed by atoms with Gasteiger partial charge in [-0.25, -0.2) is 4.79 Å². The van der Waals surface area contributed by atoms with Crippen molar-refractivity contribution in [3.63, 3.8) is 0 Å². The number of nitrogens with zero attached hydrogens (tertiary/aromatic N) is 3. The third kappa shape index (κ3) is 3.03. The van der Waals surface area contributed by atoms with E-state index < -0.39 is 5.69 Å². The molecule has 1 aromatic carbocycles. The Kier molecular flexibility index (Phi) is 4.37. The van der Waals surface area contributed by atoms with Gasteiger partial charge in [-0.2, -0.15) is 4.98 Å². The molecule has 1 saturated heterocycles. The number of nitrogens with two attached hydrogens (primary N) is 1. The SMILES string of the molecule is COc1ccccc1C(=O)N1CCN(c2cnc(=O)[nH]c2N)CC1. The molecule has 0 saturated carbocycles. The number of hydrogen-bond donors (Lipinski definition) is 2. The van der Waals surface area contributed by atoms with E-state index in [2.05, 4.69) is 9.97 Å². The average Bonchev–Trinajstić information content (AvgIpc) is 2.61. The van der Waals surface area contributed by atoms with E-state index in [1.54, 1.807) is 24.1 Å². The number of amides is 1. The zero-order valence-corrected chi connectivity index (χ0v) is 13.4. The van der Waals surface area contributed by atoms with Gasteiger partial charge >= 0.3 is 5.69 Å². The Bertz CT molecular complexity index is 796. The molecular formula is C16H19N5O3.